The Labute approximate surface area is 162 Å². The van der Waals surface area contributed by atoms with Gasteiger partial charge >= 0.3 is 0 Å². The molecule has 2 heterocycles. The first-order valence-electron chi connectivity index (χ1n) is 7.45. The molecule has 2 aromatic heterocycles. The lowest BCUT2D eigenvalue weighted by molar-refractivity contribution is 0.345. The summed E-state index contributed by atoms with van der Waals surface area (Å²) in [6.07, 6.45) is 4.76. The number of hydrogen-bond donors (Lipinski definition) is 2. The molecule has 0 saturated heterocycles. The largest absolute Gasteiger partial charge is 0.370 e. The second-order valence-corrected chi connectivity index (χ2v) is 8.00. The third-order valence-corrected chi connectivity index (χ3v) is 5.70. The van der Waals surface area contributed by atoms with E-state index in [-0.39, 0.29) is 24.8 Å². The van der Waals surface area contributed by atoms with Gasteiger partial charge in [-0.3, -0.25) is 0 Å². The Kier molecular flexibility index (Phi) is 9.22. The fourth-order valence-electron chi connectivity index (χ4n) is 2.38. The summed E-state index contributed by atoms with van der Waals surface area (Å²) in [4.78, 5) is 8.64. The molecule has 10 heteroatoms. The molecule has 1 saturated carbocycles. The van der Waals surface area contributed by atoms with Crippen molar-refractivity contribution in [2.24, 2.45) is 5.73 Å². The predicted molar refractivity (Wildman–Crippen MR) is 105 cm³/mol. The summed E-state index contributed by atoms with van der Waals surface area (Å²) in [5, 5.41) is 12.5. The third kappa shape index (κ3) is 6.00. The maximum absolute atomic E-state index is 5.84. The standard InChI is InChI=1S/C14H20N6S2.2ClH/c1-9-19-20-14(22-9)21-4-2-3-16-13-7-12(17-8-18-13)10-5-11(15)6-10;;/h7-8,10-11H,2-6,15H2,1H3,(H,16,17,18);2*1H. The monoisotopic (exact) mass is 408 g/mol. The Morgan fingerprint density at radius 3 is 2.75 bits per heavy atom. The number of anilines is 1. The molecule has 0 amide bonds. The first-order chi connectivity index (χ1) is 10.7. The zero-order valence-electron chi connectivity index (χ0n) is 13.3. The van der Waals surface area contributed by atoms with E-state index in [9.17, 15) is 0 Å². The minimum atomic E-state index is 0. The number of halogens is 2. The average molecular weight is 409 g/mol. The molecule has 0 aromatic carbocycles. The summed E-state index contributed by atoms with van der Waals surface area (Å²) >= 11 is 3.40. The lowest BCUT2D eigenvalue weighted by Gasteiger charge is -2.31. The van der Waals surface area contributed by atoms with E-state index in [4.69, 9.17) is 5.73 Å². The van der Waals surface area contributed by atoms with Crippen molar-refractivity contribution in [3.05, 3.63) is 23.1 Å². The van der Waals surface area contributed by atoms with Gasteiger partial charge in [-0.1, -0.05) is 23.1 Å². The van der Waals surface area contributed by atoms with Gasteiger partial charge in [0.2, 0.25) is 0 Å². The maximum Gasteiger partial charge on any atom is 0.174 e. The van der Waals surface area contributed by atoms with Gasteiger partial charge in [0.25, 0.3) is 0 Å². The number of rotatable bonds is 7. The fraction of sp³-hybridized carbons (Fsp3) is 0.571. The van der Waals surface area contributed by atoms with Crippen LogP contribution in [0.2, 0.25) is 0 Å². The minimum Gasteiger partial charge on any atom is -0.370 e. The number of nitrogens with one attached hydrogen (secondary N) is 1. The van der Waals surface area contributed by atoms with Gasteiger partial charge in [-0.05, 0) is 26.2 Å². The van der Waals surface area contributed by atoms with Crippen LogP contribution in [0.1, 0.15) is 35.9 Å². The molecule has 0 bridgehead atoms. The molecule has 3 rings (SSSR count). The summed E-state index contributed by atoms with van der Waals surface area (Å²) in [7, 11) is 0. The summed E-state index contributed by atoms with van der Waals surface area (Å²) < 4.78 is 1.04. The first-order valence-corrected chi connectivity index (χ1v) is 9.25. The zero-order valence-corrected chi connectivity index (χ0v) is 16.6. The number of aromatic nitrogens is 4. The van der Waals surface area contributed by atoms with Crippen molar-refractivity contribution in [3.63, 3.8) is 0 Å². The van der Waals surface area contributed by atoms with Crippen LogP contribution < -0.4 is 11.1 Å². The van der Waals surface area contributed by atoms with E-state index < -0.39 is 0 Å². The quantitative estimate of drug-likeness (QED) is 0.536. The lowest BCUT2D eigenvalue weighted by atomic mass is 9.79. The summed E-state index contributed by atoms with van der Waals surface area (Å²) in [5.74, 6) is 2.44. The highest BCUT2D eigenvalue weighted by atomic mass is 35.5. The van der Waals surface area contributed by atoms with E-state index in [1.54, 1.807) is 29.4 Å². The first kappa shape index (κ1) is 21.4. The van der Waals surface area contributed by atoms with Crippen molar-refractivity contribution >= 4 is 53.7 Å². The second-order valence-electron chi connectivity index (χ2n) is 5.47. The van der Waals surface area contributed by atoms with E-state index in [0.717, 1.165) is 52.4 Å². The van der Waals surface area contributed by atoms with Gasteiger partial charge in [0.1, 0.15) is 17.2 Å². The number of nitrogens with zero attached hydrogens (tertiary/aromatic N) is 4. The molecule has 24 heavy (non-hydrogen) atoms. The van der Waals surface area contributed by atoms with Gasteiger partial charge in [0.05, 0.1) is 0 Å². The van der Waals surface area contributed by atoms with Crippen molar-refractivity contribution in [2.45, 2.75) is 42.5 Å². The van der Waals surface area contributed by atoms with Gasteiger partial charge in [0.15, 0.2) is 4.34 Å². The fourth-order valence-corrected chi connectivity index (χ4v) is 4.21. The number of hydrogen-bond acceptors (Lipinski definition) is 8. The normalized spacial score (nSPS) is 18.9. The molecule has 0 unspecified atom stereocenters. The van der Waals surface area contributed by atoms with Crippen molar-refractivity contribution in [3.8, 4) is 0 Å². The molecular formula is C14H22Cl2N6S2. The van der Waals surface area contributed by atoms with Gasteiger partial charge in [0, 0.05) is 36.0 Å². The molecule has 0 atom stereocenters. The van der Waals surface area contributed by atoms with Gasteiger partial charge < -0.3 is 11.1 Å². The molecule has 0 radical (unpaired) electrons. The van der Waals surface area contributed by atoms with Gasteiger partial charge in [-0.15, -0.1) is 35.0 Å². The van der Waals surface area contributed by atoms with E-state index in [1.807, 2.05) is 6.92 Å². The van der Waals surface area contributed by atoms with Crippen LogP contribution in [0.3, 0.4) is 0 Å². The SMILES string of the molecule is Cc1nnc(SCCCNc2cc(C3CC(N)C3)ncn2)s1.Cl.Cl. The van der Waals surface area contributed by atoms with Crippen LogP contribution in [0, 0.1) is 6.92 Å². The molecule has 0 aliphatic heterocycles. The Balaban J connectivity index is 0.00000144. The highest BCUT2D eigenvalue weighted by Gasteiger charge is 2.28. The summed E-state index contributed by atoms with van der Waals surface area (Å²) in [5.41, 5.74) is 6.95. The summed E-state index contributed by atoms with van der Waals surface area (Å²) in [6, 6.07) is 2.40. The summed E-state index contributed by atoms with van der Waals surface area (Å²) in [6.45, 7) is 2.87. The minimum absolute atomic E-state index is 0. The van der Waals surface area contributed by atoms with Crippen LogP contribution >= 0.6 is 47.9 Å². The molecule has 0 spiro atoms. The lowest BCUT2D eigenvalue weighted by Crippen LogP contribution is -2.35. The molecule has 2 aromatic rings. The molecule has 6 nitrogen and oxygen atoms in total. The van der Waals surface area contributed by atoms with E-state index >= 15 is 0 Å². The molecule has 134 valence electrons. The smallest absolute Gasteiger partial charge is 0.174 e. The molecule has 3 N–H and O–H groups in total. The number of thioether (sulfide) groups is 1. The van der Waals surface area contributed by atoms with E-state index in [1.165, 1.54) is 0 Å². The Morgan fingerprint density at radius 2 is 2.08 bits per heavy atom. The molecular weight excluding hydrogens is 387 g/mol. The van der Waals surface area contributed by atoms with Crippen molar-refractivity contribution < 1.29 is 0 Å². The van der Waals surface area contributed by atoms with E-state index in [2.05, 4.69) is 31.5 Å². The Bertz CT molecular complexity index is 621. The van der Waals surface area contributed by atoms with Gasteiger partial charge in [-0.2, -0.15) is 0 Å². The van der Waals surface area contributed by atoms with Crippen LogP contribution in [0.4, 0.5) is 5.82 Å². The number of aryl methyl sites for hydroxylation is 1. The van der Waals surface area contributed by atoms with Gasteiger partial charge in [-0.25, -0.2) is 9.97 Å². The average Bonchev–Trinajstić information content (AvgIpc) is 2.89. The van der Waals surface area contributed by atoms with Crippen LogP contribution in [-0.4, -0.2) is 38.5 Å². The van der Waals surface area contributed by atoms with Crippen molar-refractivity contribution in [1.82, 2.24) is 20.2 Å². The number of nitrogens with two attached hydrogens (primary N) is 1. The van der Waals surface area contributed by atoms with Crippen LogP contribution in [0.25, 0.3) is 0 Å². The highest BCUT2D eigenvalue weighted by Crippen LogP contribution is 2.34. The molecule has 1 aliphatic rings. The van der Waals surface area contributed by atoms with Crippen LogP contribution in [0.15, 0.2) is 16.7 Å². The molecule has 1 aliphatic carbocycles. The third-order valence-electron chi connectivity index (χ3n) is 3.64. The van der Waals surface area contributed by atoms with E-state index in [0.29, 0.717) is 12.0 Å². The Morgan fingerprint density at radius 1 is 1.29 bits per heavy atom. The maximum atomic E-state index is 5.84. The topological polar surface area (TPSA) is 89.6 Å². The van der Waals surface area contributed by atoms with Crippen molar-refractivity contribution in [2.75, 3.05) is 17.6 Å². The highest BCUT2D eigenvalue weighted by molar-refractivity contribution is 8.01. The van der Waals surface area contributed by atoms with Crippen LogP contribution in [0.5, 0.6) is 0 Å². The zero-order chi connectivity index (χ0) is 15.4. The predicted octanol–water partition coefficient (Wildman–Crippen LogP) is 3.28. The van der Waals surface area contributed by atoms with Crippen molar-refractivity contribution in [1.29, 1.82) is 0 Å². The molecule has 1 fully saturated rings. The second kappa shape index (κ2) is 10.4. The Hall–Kier alpha value is -0.670. The van der Waals surface area contributed by atoms with Crippen LogP contribution in [-0.2, 0) is 0 Å².